The molecule has 0 unspecified atom stereocenters. The molecule has 4 heteroatoms. The highest BCUT2D eigenvalue weighted by atomic mass is 15.3. The molecule has 0 saturated carbocycles. The van der Waals surface area contributed by atoms with Crippen LogP contribution in [0.5, 0.6) is 0 Å². The van der Waals surface area contributed by atoms with Crippen molar-refractivity contribution >= 4 is 16.7 Å². The van der Waals surface area contributed by atoms with Gasteiger partial charge in [-0.3, -0.25) is 9.88 Å². The highest BCUT2D eigenvalue weighted by molar-refractivity contribution is 5.83. The van der Waals surface area contributed by atoms with Gasteiger partial charge in [0.15, 0.2) is 0 Å². The quantitative estimate of drug-likeness (QED) is 0.742. The van der Waals surface area contributed by atoms with E-state index in [4.69, 9.17) is 0 Å². The second kappa shape index (κ2) is 6.57. The van der Waals surface area contributed by atoms with E-state index >= 15 is 0 Å². The zero-order chi connectivity index (χ0) is 16.4. The Balaban J connectivity index is 1.44. The highest BCUT2D eigenvalue weighted by Crippen LogP contribution is 2.21. The van der Waals surface area contributed by atoms with Crippen LogP contribution in [0, 0.1) is 6.92 Å². The molecule has 0 aliphatic carbocycles. The molecule has 1 fully saturated rings. The minimum atomic E-state index is 1.01. The van der Waals surface area contributed by atoms with Crippen molar-refractivity contribution in [2.45, 2.75) is 13.5 Å². The molecular formula is C20H22N4. The van der Waals surface area contributed by atoms with Gasteiger partial charge in [-0.2, -0.15) is 0 Å². The van der Waals surface area contributed by atoms with E-state index in [0.717, 1.165) is 49.4 Å². The normalized spacial score (nSPS) is 15.8. The molecular weight excluding hydrogens is 296 g/mol. The Hall–Kier alpha value is -2.46. The van der Waals surface area contributed by atoms with Gasteiger partial charge in [0.2, 0.25) is 0 Å². The lowest BCUT2D eigenvalue weighted by Gasteiger charge is -2.35. The van der Waals surface area contributed by atoms with E-state index in [1.807, 2.05) is 18.5 Å². The Labute approximate surface area is 142 Å². The van der Waals surface area contributed by atoms with Crippen molar-refractivity contribution < 1.29 is 0 Å². The number of aryl methyl sites for hydroxylation is 1. The third-order valence-corrected chi connectivity index (χ3v) is 4.78. The van der Waals surface area contributed by atoms with Crippen molar-refractivity contribution in [2.24, 2.45) is 0 Å². The lowest BCUT2D eigenvalue weighted by atomic mass is 10.1. The maximum atomic E-state index is 4.67. The molecule has 0 spiro atoms. The zero-order valence-corrected chi connectivity index (χ0v) is 14.0. The number of anilines is 1. The summed E-state index contributed by atoms with van der Waals surface area (Å²) >= 11 is 0. The minimum absolute atomic E-state index is 1.01. The molecule has 24 heavy (non-hydrogen) atoms. The lowest BCUT2D eigenvalue weighted by molar-refractivity contribution is 0.249. The maximum Gasteiger partial charge on any atom is 0.130 e. The van der Waals surface area contributed by atoms with Crippen LogP contribution in [0.1, 0.15) is 11.1 Å². The molecule has 0 amide bonds. The number of pyridine rings is 2. The predicted octanol–water partition coefficient (Wildman–Crippen LogP) is 3.26. The van der Waals surface area contributed by atoms with E-state index in [2.05, 4.69) is 63.1 Å². The number of nitrogens with zero attached hydrogens (tertiary/aromatic N) is 4. The predicted molar refractivity (Wildman–Crippen MR) is 98.2 cm³/mol. The molecule has 2 aromatic heterocycles. The van der Waals surface area contributed by atoms with E-state index in [-0.39, 0.29) is 0 Å². The van der Waals surface area contributed by atoms with Gasteiger partial charge in [-0.15, -0.1) is 0 Å². The summed E-state index contributed by atoms with van der Waals surface area (Å²) in [4.78, 5) is 14.0. The van der Waals surface area contributed by atoms with Gasteiger partial charge in [-0.1, -0.05) is 30.3 Å². The molecule has 1 aliphatic heterocycles. The third-order valence-electron chi connectivity index (χ3n) is 4.78. The van der Waals surface area contributed by atoms with Crippen molar-refractivity contribution in [2.75, 3.05) is 31.1 Å². The number of fused-ring (bicyclic) bond motifs is 1. The van der Waals surface area contributed by atoms with Gasteiger partial charge in [0, 0.05) is 56.6 Å². The maximum absolute atomic E-state index is 4.67. The van der Waals surface area contributed by atoms with Crippen molar-refractivity contribution in [1.82, 2.24) is 14.9 Å². The summed E-state index contributed by atoms with van der Waals surface area (Å²) < 4.78 is 0. The molecule has 0 N–H and O–H groups in total. The number of benzene rings is 1. The van der Waals surface area contributed by atoms with Crippen molar-refractivity contribution in [3.8, 4) is 0 Å². The van der Waals surface area contributed by atoms with Gasteiger partial charge in [-0.05, 0) is 24.1 Å². The average molecular weight is 318 g/mol. The first-order chi connectivity index (χ1) is 11.8. The number of rotatable bonds is 3. The SMILES string of the molecule is Cc1ccnc2cc(N3CCN(Cc4ccccc4)CC3)ncc12. The van der Waals surface area contributed by atoms with Gasteiger partial charge >= 0.3 is 0 Å². The monoisotopic (exact) mass is 318 g/mol. The summed E-state index contributed by atoms with van der Waals surface area (Å²) in [6, 6.07) is 14.8. The minimum Gasteiger partial charge on any atom is -0.354 e. The van der Waals surface area contributed by atoms with Gasteiger partial charge in [-0.25, -0.2) is 4.98 Å². The molecule has 0 bridgehead atoms. The van der Waals surface area contributed by atoms with Crippen molar-refractivity contribution in [1.29, 1.82) is 0 Å². The molecule has 3 aromatic rings. The topological polar surface area (TPSA) is 32.3 Å². The average Bonchev–Trinajstić information content (AvgIpc) is 2.63. The zero-order valence-electron chi connectivity index (χ0n) is 14.0. The summed E-state index contributed by atoms with van der Waals surface area (Å²) in [5.41, 5.74) is 3.65. The fourth-order valence-corrected chi connectivity index (χ4v) is 3.31. The smallest absolute Gasteiger partial charge is 0.130 e. The molecule has 122 valence electrons. The standard InChI is InChI=1S/C20H22N4/c1-16-7-8-21-19-13-20(22-14-18(16)19)24-11-9-23(10-12-24)15-17-5-3-2-4-6-17/h2-8,13-14H,9-12,15H2,1H3. The summed E-state index contributed by atoms with van der Waals surface area (Å²) in [5, 5.41) is 1.14. The number of piperazine rings is 1. The van der Waals surface area contributed by atoms with Crippen LogP contribution in [-0.2, 0) is 6.54 Å². The van der Waals surface area contributed by atoms with Crippen LogP contribution < -0.4 is 4.90 Å². The lowest BCUT2D eigenvalue weighted by Crippen LogP contribution is -2.46. The number of hydrogen-bond acceptors (Lipinski definition) is 4. The van der Waals surface area contributed by atoms with Crippen LogP contribution in [0.3, 0.4) is 0 Å². The van der Waals surface area contributed by atoms with E-state index < -0.39 is 0 Å². The van der Waals surface area contributed by atoms with Gasteiger partial charge in [0.1, 0.15) is 5.82 Å². The summed E-state index contributed by atoms with van der Waals surface area (Å²) in [5.74, 6) is 1.04. The Bertz CT molecular complexity index is 823. The van der Waals surface area contributed by atoms with Crippen LogP contribution in [0.15, 0.2) is 54.9 Å². The number of hydrogen-bond donors (Lipinski definition) is 0. The molecule has 0 radical (unpaired) electrons. The van der Waals surface area contributed by atoms with Crippen molar-refractivity contribution in [3.63, 3.8) is 0 Å². The Kier molecular flexibility index (Phi) is 4.13. The summed E-state index contributed by atoms with van der Waals surface area (Å²) in [6.45, 7) is 7.29. The van der Waals surface area contributed by atoms with Crippen LogP contribution in [0.4, 0.5) is 5.82 Å². The fraction of sp³-hybridized carbons (Fsp3) is 0.300. The van der Waals surface area contributed by atoms with Crippen LogP contribution >= 0.6 is 0 Å². The van der Waals surface area contributed by atoms with E-state index in [0.29, 0.717) is 0 Å². The highest BCUT2D eigenvalue weighted by Gasteiger charge is 2.18. The first-order valence-corrected chi connectivity index (χ1v) is 8.52. The Morgan fingerprint density at radius 3 is 2.54 bits per heavy atom. The molecule has 4 rings (SSSR count). The summed E-state index contributed by atoms with van der Waals surface area (Å²) in [6.07, 6.45) is 3.84. The molecule has 0 atom stereocenters. The second-order valence-electron chi connectivity index (χ2n) is 6.44. The van der Waals surface area contributed by atoms with Crippen molar-refractivity contribution in [3.05, 3.63) is 66.0 Å². The van der Waals surface area contributed by atoms with Gasteiger partial charge in [0.05, 0.1) is 5.52 Å². The van der Waals surface area contributed by atoms with Gasteiger partial charge < -0.3 is 4.90 Å². The van der Waals surface area contributed by atoms with E-state index in [1.54, 1.807) is 0 Å². The molecule has 3 heterocycles. The molecule has 4 nitrogen and oxygen atoms in total. The largest absolute Gasteiger partial charge is 0.354 e. The van der Waals surface area contributed by atoms with Crippen LogP contribution in [0.2, 0.25) is 0 Å². The second-order valence-corrected chi connectivity index (χ2v) is 6.44. The Morgan fingerprint density at radius 1 is 0.958 bits per heavy atom. The Morgan fingerprint density at radius 2 is 1.75 bits per heavy atom. The molecule has 1 aromatic carbocycles. The molecule has 1 saturated heterocycles. The molecule has 1 aliphatic rings. The van der Waals surface area contributed by atoms with Crippen LogP contribution in [-0.4, -0.2) is 41.0 Å². The van der Waals surface area contributed by atoms with Gasteiger partial charge in [0.25, 0.3) is 0 Å². The first kappa shape index (κ1) is 15.1. The number of aromatic nitrogens is 2. The summed E-state index contributed by atoms with van der Waals surface area (Å²) in [7, 11) is 0. The third kappa shape index (κ3) is 3.10. The first-order valence-electron chi connectivity index (χ1n) is 8.52. The fourth-order valence-electron chi connectivity index (χ4n) is 3.31. The van der Waals surface area contributed by atoms with E-state index in [9.17, 15) is 0 Å². The van der Waals surface area contributed by atoms with Crippen LogP contribution in [0.25, 0.3) is 10.9 Å². The van der Waals surface area contributed by atoms with E-state index in [1.165, 1.54) is 11.1 Å².